The third kappa shape index (κ3) is 3.75. The molecule has 0 saturated heterocycles. The average molecular weight is 419 g/mol. The lowest BCUT2D eigenvalue weighted by Gasteiger charge is -2.20. The van der Waals surface area contributed by atoms with E-state index in [9.17, 15) is 24.1 Å². The molecule has 0 saturated carbocycles. The highest BCUT2D eigenvalue weighted by atomic mass is 19.1. The van der Waals surface area contributed by atoms with E-state index in [4.69, 9.17) is 5.73 Å². The van der Waals surface area contributed by atoms with Gasteiger partial charge in [0.2, 0.25) is 17.6 Å². The molecular formula is C23H18FN3O4. The van der Waals surface area contributed by atoms with Gasteiger partial charge in [-0.25, -0.2) is 0 Å². The second-order valence-electron chi connectivity index (χ2n) is 7.32. The Morgan fingerprint density at radius 2 is 1.61 bits per heavy atom. The van der Waals surface area contributed by atoms with Gasteiger partial charge in [-0.05, 0) is 33.9 Å². The van der Waals surface area contributed by atoms with E-state index in [-0.39, 0.29) is 6.42 Å². The van der Waals surface area contributed by atoms with Crippen LogP contribution in [0, 0.1) is 15.9 Å². The number of hydrogen-bond donors (Lipinski definition) is 2. The third-order valence-corrected chi connectivity index (χ3v) is 5.40. The summed E-state index contributed by atoms with van der Waals surface area (Å²) < 4.78 is 13.6. The second kappa shape index (κ2) is 7.98. The summed E-state index contributed by atoms with van der Waals surface area (Å²) in [6.07, 6.45) is -0.0990. The van der Waals surface area contributed by atoms with E-state index in [2.05, 4.69) is 5.32 Å². The Balaban J connectivity index is 1.61. The van der Waals surface area contributed by atoms with Crippen LogP contribution in [0.4, 0.5) is 10.1 Å². The largest absolute Gasteiger partial charge is 0.368 e. The summed E-state index contributed by atoms with van der Waals surface area (Å²) in [6.45, 7) is 0. The van der Waals surface area contributed by atoms with Gasteiger partial charge < -0.3 is 11.1 Å². The Morgan fingerprint density at radius 3 is 2.16 bits per heavy atom. The van der Waals surface area contributed by atoms with Crippen molar-refractivity contribution in [2.75, 3.05) is 0 Å². The minimum atomic E-state index is -1.11. The zero-order valence-corrected chi connectivity index (χ0v) is 16.2. The summed E-state index contributed by atoms with van der Waals surface area (Å²) in [4.78, 5) is 35.4. The minimum Gasteiger partial charge on any atom is -0.368 e. The van der Waals surface area contributed by atoms with E-state index in [1.165, 1.54) is 6.07 Å². The number of fused-ring (bicyclic) bond motifs is 3. The van der Waals surface area contributed by atoms with E-state index in [1.54, 1.807) is 0 Å². The molecule has 0 spiro atoms. The topological polar surface area (TPSA) is 115 Å². The first-order valence-electron chi connectivity index (χ1n) is 9.57. The van der Waals surface area contributed by atoms with Gasteiger partial charge in [0.1, 0.15) is 6.04 Å². The van der Waals surface area contributed by atoms with Gasteiger partial charge in [-0.3, -0.25) is 19.7 Å². The predicted octanol–water partition coefficient (Wildman–Crippen LogP) is 3.06. The number of nitro groups is 1. The van der Waals surface area contributed by atoms with Crippen LogP contribution in [0.2, 0.25) is 0 Å². The molecule has 3 aromatic rings. The molecule has 7 nitrogen and oxygen atoms in total. The summed E-state index contributed by atoms with van der Waals surface area (Å²) in [7, 11) is 0. The fourth-order valence-corrected chi connectivity index (χ4v) is 3.98. The van der Waals surface area contributed by atoms with Crippen molar-refractivity contribution in [1.29, 1.82) is 0 Å². The number of amides is 2. The molecule has 0 bridgehead atoms. The van der Waals surface area contributed by atoms with Crippen molar-refractivity contribution in [3.05, 3.63) is 99.4 Å². The standard InChI is InChI=1S/C23H18FN3O4/c24-18-10-9-13(12-20(18)27(30)31)11-19(22(25)28)26-23(29)21-16-7-3-1-5-14(16)15-6-2-4-8-17(15)21/h1-10,12,19,21H,11H2,(H2,25,28)(H,26,29)/t19-/m1/s1. The number of nitrogens with zero attached hydrogens (tertiary/aromatic N) is 1. The van der Waals surface area contributed by atoms with Crippen molar-refractivity contribution in [3.8, 4) is 11.1 Å². The molecule has 4 rings (SSSR count). The van der Waals surface area contributed by atoms with Crippen LogP contribution in [-0.4, -0.2) is 22.8 Å². The van der Waals surface area contributed by atoms with Crippen LogP contribution < -0.4 is 11.1 Å². The van der Waals surface area contributed by atoms with Crippen LogP contribution in [0.1, 0.15) is 22.6 Å². The van der Waals surface area contributed by atoms with Crippen LogP contribution in [0.15, 0.2) is 66.7 Å². The number of halogens is 1. The first kappa shape index (κ1) is 20.2. The maximum absolute atomic E-state index is 13.6. The number of nitro benzene ring substituents is 1. The number of hydrogen-bond acceptors (Lipinski definition) is 4. The normalized spacial score (nSPS) is 13.2. The molecule has 0 aliphatic heterocycles. The summed E-state index contributed by atoms with van der Waals surface area (Å²) in [5.74, 6) is -2.79. The fraction of sp³-hybridized carbons (Fsp3) is 0.130. The summed E-state index contributed by atoms with van der Waals surface area (Å²) in [6, 6.07) is 17.3. The van der Waals surface area contributed by atoms with Crippen molar-refractivity contribution in [3.63, 3.8) is 0 Å². The SMILES string of the molecule is NC(=O)[C@@H](Cc1ccc(F)c([N+](=O)[O-])c1)NC(=O)C1c2ccccc2-c2ccccc21. The van der Waals surface area contributed by atoms with Crippen molar-refractivity contribution in [2.24, 2.45) is 5.73 Å². The fourth-order valence-electron chi connectivity index (χ4n) is 3.98. The Labute approximate surface area is 176 Å². The predicted molar refractivity (Wildman–Crippen MR) is 112 cm³/mol. The highest BCUT2D eigenvalue weighted by Crippen LogP contribution is 2.44. The van der Waals surface area contributed by atoms with Gasteiger partial charge in [-0.1, -0.05) is 54.6 Å². The molecular weight excluding hydrogens is 401 g/mol. The maximum Gasteiger partial charge on any atom is 0.305 e. The summed E-state index contributed by atoms with van der Waals surface area (Å²) in [5.41, 5.74) is 8.63. The molecule has 1 atom stereocenters. The Hall–Kier alpha value is -4.07. The first-order valence-corrected chi connectivity index (χ1v) is 9.57. The molecule has 3 N–H and O–H groups in total. The number of rotatable bonds is 6. The van der Waals surface area contributed by atoms with E-state index in [0.29, 0.717) is 5.56 Å². The van der Waals surface area contributed by atoms with Gasteiger partial charge in [0.15, 0.2) is 0 Å². The molecule has 3 aromatic carbocycles. The molecule has 1 aliphatic carbocycles. The number of carbonyl (C=O) groups is 2. The molecule has 0 fully saturated rings. The quantitative estimate of drug-likeness (QED) is 0.472. The smallest absolute Gasteiger partial charge is 0.305 e. The Kier molecular flexibility index (Phi) is 5.21. The average Bonchev–Trinajstić information content (AvgIpc) is 3.09. The van der Waals surface area contributed by atoms with Gasteiger partial charge in [-0.2, -0.15) is 4.39 Å². The zero-order valence-electron chi connectivity index (χ0n) is 16.2. The van der Waals surface area contributed by atoms with Crippen molar-refractivity contribution in [2.45, 2.75) is 18.4 Å². The first-order chi connectivity index (χ1) is 14.9. The zero-order chi connectivity index (χ0) is 22.1. The number of carbonyl (C=O) groups excluding carboxylic acids is 2. The Morgan fingerprint density at radius 1 is 1.03 bits per heavy atom. The van der Waals surface area contributed by atoms with E-state index in [0.717, 1.165) is 34.4 Å². The molecule has 0 heterocycles. The third-order valence-electron chi connectivity index (χ3n) is 5.40. The summed E-state index contributed by atoms with van der Waals surface area (Å²) >= 11 is 0. The van der Waals surface area contributed by atoms with Crippen molar-refractivity contribution >= 4 is 17.5 Å². The van der Waals surface area contributed by atoms with Crippen LogP contribution >= 0.6 is 0 Å². The van der Waals surface area contributed by atoms with Gasteiger partial charge in [0, 0.05) is 12.5 Å². The molecule has 0 unspecified atom stereocenters. The molecule has 156 valence electrons. The lowest BCUT2D eigenvalue weighted by molar-refractivity contribution is -0.387. The second-order valence-corrected chi connectivity index (χ2v) is 7.32. The van der Waals surface area contributed by atoms with Crippen LogP contribution in [0.3, 0.4) is 0 Å². The lowest BCUT2D eigenvalue weighted by Crippen LogP contribution is -2.47. The van der Waals surface area contributed by atoms with E-state index < -0.39 is 40.2 Å². The number of primary amides is 1. The molecule has 2 amide bonds. The summed E-state index contributed by atoms with van der Waals surface area (Å²) in [5, 5.41) is 13.7. The molecule has 8 heteroatoms. The monoisotopic (exact) mass is 419 g/mol. The number of nitrogens with one attached hydrogen (secondary N) is 1. The van der Waals surface area contributed by atoms with Gasteiger partial charge >= 0.3 is 5.69 Å². The highest BCUT2D eigenvalue weighted by molar-refractivity contribution is 5.98. The molecule has 0 radical (unpaired) electrons. The Bertz CT molecular complexity index is 1170. The molecule has 31 heavy (non-hydrogen) atoms. The van der Waals surface area contributed by atoms with Crippen LogP contribution in [-0.2, 0) is 16.0 Å². The maximum atomic E-state index is 13.6. The van der Waals surface area contributed by atoms with Gasteiger partial charge in [0.05, 0.1) is 10.8 Å². The molecule has 1 aliphatic rings. The highest BCUT2D eigenvalue weighted by Gasteiger charge is 2.35. The van der Waals surface area contributed by atoms with Crippen molar-refractivity contribution in [1.82, 2.24) is 5.32 Å². The number of nitrogens with two attached hydrogens (primary N) is 1. The van der Waals surface area contributed by atoms with Crippen LogP contribution in [0.5, 0.6) is 0 Å². The lowest BCUT2D eigenvalue weighted by atomic mass is 9.95. The minimum absolute atomic E-state index is 0.0990. The molecule has 0 aromatic heterocycles. The van der Waals surface area contributed by atoms with Crippen LogP contribution in [0.25, 0.3) is 11.1 Å². The van der Waals surface area contributed by atoms with E-state index in [1.807, 2.05) is 48.5 Å². The van der Waals surface area contributed by atoms with Gasteiger partial charge in [-0.15, -0.1) is 0 Å². The van der Waals surface area contributed by atoms with Crippen molar-refractivity contribution < 1.29 is 18.9 Å². The van der Waals surface area contributed by atoms with Gasteiger partial charge in [0.25, 0.3) is 0 Å². The number of benzene rings is 3. The van der Waals surface area contributed by atoms with E-state index >= 15 is 0 Å².